The highest BCUT2D eigenvalue weighted by Gasteiger charge is 2.35. The summed E-state index contributed by atoms with van der Waals surface area (Å²) < 4.78 is 0. The molecule has 0 unspecified atom stereocenters. The van der Waals surface area contributed by atoms with Gasteiger partial charge in [0, 0.05) is 11.6 Å². The molecule has 1 aromatic rings. The SMILES string of the molecule is CC(C)CN1C(=O)SC(=Cc2ccc(Cl)cc2)C1=O. The van der Waals surface area contributed by atoms with Crippen LogP contribution in [0.2, 0.25) is 5.02 Å². The summed E-state index contributed by atoms with van der Waals surface area (Å²) in [5.41, 5.74) is 0.861. The first-order chi connectivity index (χ1) is 8.97. The summed E-state index contributed by atoms with van der Waals surface area (Å²) in [4.78, 5) is 25.7. The van der Waals surface area contributed by atoms with Crippen LogP contribution in [-0.4, -0.2) is 22.6 Å². The molecule has 19 heavy (non-hydrogen) atoms. The molecule has 5 heteroatoms. The van der Waals surface area contributed by atoms with Gasteiger partial charge in [-0.15, -0.1) is 0 Å². The van der Waals surface area contributed by atoms with Crippen molar-refractivity contribution in [1.82, 2.24) is 4.90 Å². The number of imide groups is 1. The van der Waals surface area contributed by atoms with Crippen LogP contribution in [0.1, 0.15) is 19.4 Å². The summed E-state index contributed by atoms with van der Waals surface area (Å²) in [6.07, 6.45) is 1.72. The average molecular weight is 296 g/mol. The van der Waals surface area contributed by atoms with Gasteiger partial charge >= 0.3 is 0 Å². The maximum atomic E-state index is 12.1. The number of hydrogen-bond acceptors (Lipinski definition) is 3. The van der Waals surface area contributed by atoms with Gasteiger partial charge in [0.05, 0.1) is 4.91 Å². The van der Waals surface area contributed by atoms with Crippen molar-refractivity contribution in [1.29, 1.82) is 0 Å². The number of nitrogens with zero attached hydrogens (tertiary/aromatic N) is 1. The molecule has 1 aliphatic heterocycles. The highest BCUT2D eigenvalue weighted by atomic mass is 35.5. The lowest BCUT2D eigenvalue weighted by Gasteiger charge is -2.14. The molecule has 1 fully saturated rings. The molecule has 1 saturated heterocycles. The molecule has 0 saturated carbocycles. The Morgan fingerprint density at radius 1 is 1.26 bits per heavy atom. The predicted octanol–water partition coefficient (Wildman–Crippen LogP) is 4.03. The van der Waals surface area contributed by atoms with Gasteiger partial charge in [-0.05, 0) is 41.5 Å². The van der Waals surface area contributed by atoms with Gasteiger partial charge in [-0.2, -0.15) is 0 Å². The smallest absolute Gasteiger partial charge is 0.268 e. The van der Waals surface area contributed by atoms with E-state index in [1.54, 1.807) is 18.2 Å². The molecule has 3 nitrogen and oxygen atoms in total. The number of thioether (sulfide) groups is 1. The first-order valence-electron chi connectivity index (χ1n) is 5.98. The van der Waals surface area contributed by atoms with Crippen molar-refractivity contribution in [2.45, 2.75) is 13.8 Å². The fourth-order valence-electron chi connectivity index (χ4n) is 1.73. The van der Waals surface area contributed by atoms with Crippen LogP contribution < -0.4 is 0 Å². The van der Waals surface area contributed by atoms with E-state index in [2.05, 4.69) is 0 Å². The van der Waals surface area contributed by atoms with E-state index in [-0.39, 0.29) is 17.1 Å². The van der Waals surface area contributed by atoms with Crippen LogP contribution >= 0.6 is 23.4 Å². The molecule has 1 heterocycles. The Hall–Kier alpha value is -1.26. The topological polar surface area (TPSA) is 37.4 Å². The Bertz CT molecular complexity index is 537. The fourth-order valence-corrected chi connectivity index (χ4v) is 2.71. The quantitative estimate of drug-likeness (QED) is 0.790. The van der Waals surface area contributed by atoms with Crippen molar-refractivity contribution < 1.29 is 9.59 Å². The third-order valence-corrected chi connectivity index (χ3v) is 3.75. The molecule has 0 N–H and O–H groups in total. The lowest BCUT2D eigenvalue weighted by atomic mass is 10.2. The van der Waals surface area contributed by atoms with Crippen LogP contribution in [-0.2, 0) is 4.79 Å². The van der Waals surface area contributed by atoms with Gasteiger partial charge in [0.15, 0.2) is 0 Å². The number of halogens is 1. The normalized spacial score (nSPS) is 17.9. The zero-order valence-corrected chi connectivity index (χ0v) is 12.3. The van der Waals surface area contributed by atoms with Gasteiger partial charge in [0.25, 0.3) is 11.1 Å². The first kappa shape index (κ1) is 14.2. The largest absolute Gasteiger partial charge is 0.293 e. The van der Waals surface area contributed by atoms with Crippen LogP contribution in [0.4, 0.5) is 4.79 Å². The molecule has 0 aliphatic carbocycles. The minimum Gasteiger partial charge on any atom is -0.268 e. The molecule has 2 amide bonds. The number of hydrogen-bond donors (Lipinski definition) is 0. The molecule has 0 aromatic heterocycles. The maximum absolute atomic E-state index is 12.1. The summed E-state index contributed by atoms with van der Waals surface area (Å²) in [6, 6.07) is 7.15. The molecular weight excluding hydrogens is 282 g/mol. The van der Waals surface area contributed by atoms with Crippen molar-refractivity contribution >= 4 is 40.6 Å². The third-order valence-electron chi connectivity index (χ3n) is 2.59. The summed E-state index contributed by atoms with van der Waals surface area (Å²) in [5, 5.41) is 0.448. The van der Waals surface area contributed by atoms with E-state index >= 15 is 0 Å². The van der Waals surface area contributed by atoms with Gasteiger partial charge in [-0.25, -0.2) is 0 Å². The number of carbonyl (C=O) groups excluding carboxylic acids is 2. The average Bonchev–Trinajstić information content (AvgIpc) is 2.60. The van der Waals surface area contributed by atoms with E-state index in [9.17, 15) is 9.59 Å². The Balaban J connectivity index is 2.20. The second-order valence-electron chi connectivity index (χ2n) is 4.74. The van der Waals surface area contributed by atoms with Crippen LogP contribution in [0.3, 0.4) is 0 Å². The highest BCUT2D eigenvalue weighted by Crippen LogP contribution is 2.32. The molecule has 0 bridgehead atoms. The lowest BCUT2D eigenvalue weighted by molar-refractivity contribution is -0.123. The third kappa shape index (κ3) is 3.39. The maximum Gasteiger partial charge on any atom is 0.293 e. The van der Waals surface area contributed by atoms with Crippen molar-refractivity contribution in [3.63, 3.8) is 0 Å². The zero-order chi connectivity index (χ0) is 14.0. The number of carbonyl (C=O) groups is 2. The van der Waals surface area contributed by atoms with Crippen LogP contribution in [0, 0.1) is 5.92 Å². The Labute approximate surface area is 121 Å². The van der Waals surface area contributed by atoms with Gasteiger partial charge in [-0.3, -0.25) is 14.5 Å². The molecule has 0 radical (unpaired) electrons. The first-order valence-corrected chi connectivity index (χ1v) is 7.18. The second-order valence-corrected chi connectivity index (χ2v) is 6.17. The molecule has 1 aliphatic rings. The number of benzene rings is 1. The zero-order valence-electron chi connectivity index (χ0n) is 10.7. The second kappa shape index (κ2) is 5.80. The molecule has 0 spiro atoms. The summed E-state index contributed by atoms with van der Waals surface area (Å²) in [5.74, 6) is 0.0574. The molecular formula is C14H14ClNO2S. The fraction of sp³-hybridized carbons (Fsp3) is 0.286. The van der Waals surface area contributed by atoms with Crippen LogP contribution in [0.15, 0.2) is 29.2 Å². The summed E-state index contributed by atoms with van der Waals surface area (Å²) >= 11 is 6.79. The Morgan fingerprint density at radius 3 is 2.47 bits per heavy atom. The highest BCUT2D eigenvalue weighted by molar-refractivity contribution is 8.18. The summed E-state index contributed by atoms with van der Waals surface area (Å²) in [6.45, 7) is 4.42. The molecule has 1 aromatic carbocycles. The van der Waals surface area contributed by atoms with E-state index in [0.717, 1.165) is 17.3 Å². The van der Waals surface area contributed by atoms with Crippen molar-refractivity contribution in [3.05, 3.63) is 39.8 Å². The standard InChI is InChI=1S/C14H14ClNO2S/c1-9(2)8-16-13(17)12(19-14(16)18)7-10-3-5-11(15)6-4-10/h3-7,9H,8H2,1-2H3. The van der Waals surface area contributed by atoms with E-state index in [0.29, 0.717) is 16.5 Å². The van der Waals surface area contributed by atoms with Crippen molar-refractivity contribution in [2.24, 2.45) is 5.92 Å². The molecule has 100 valence electrons. The minimum absolute atomic E-state index is 0.195. The Morgan fingerprint density at radius 2 is 1.89 bits per heavy atom. The van der Waals surface area contributed by atoms with Crippen molar-refractivity contribution in [3.8, 4) is 0 Å². The van der Waals surface area contributed by atoms with Crippen molar-refractivity contribution in [2.75, 3.05) is 6.54 Å². The van der Waals surface area contributed by atoms with Crippen LogP contribution in [0.5, 0.6) is 0 Å². The van der Waals surface area contributed by atoms with E-state index in [1.165, 1.54) is 4.90 Å². The molecule has 2 rings (SSSR count). The molecule has 0 atom stereocenters. The van der Waals surface area contributed by atoms with E-state index < -0.39 is 0 Å². The van der Waals surface area contributed by atoms with E-state index in [1.807, 2.05) is 26.0 Å². The van der Waals surface area contributed by atoms with Gasteiger partial charge in [-0.1, -0.05) is 37.6 Å². The van der Waals surface area contributed by atoms with Crippen LogP contribution in [0.25, 0.3) is 6.08 Å². The monoisotopic (exact) mass is 295 g/mol. The number of amides is 2. The van der Waals surface area contributed by atoms with Gasteiger partial charge in [0.2, 0.25) is 0 Å². The Kier molecular flexibility index (Phi) is 4.32. The lowest BCUT2D eigenvalue weighted by Crippen LogP contribution is -2.31. The van der Waals surface area contributed by atoms with E-state index in [4.69, 9.17) is 11.6 Å². The number of rotatable bonds is 3. The summed E-state index contributed by atoms with van der Waals surface area (Å²) in [7, 11) is 0. The minimum atomic E-state index is -0.210. The predicted molar refractivity (Wildman–Crippen MR) is 79.0 cm³/mol. The van der Waals surface area contributed by atoms with Gasteiger partial charge < -0.3 is 0 Å². The van der Waals surface area contributed by atoms with Gasteiger partial charge in [0.1, 0.15) is 0 Å².